The predicted octanol–water partition coefficient (Wildman–Crippen LogP) is 2.42. The zero-order valence-corrected chi connectivity index (χ0v) is 8.06. The second-order valence-corrected chi connectivity index (χ2v) is 4.03. The monoisotopic (exact) mass is 155 g/mol. The van der Waals surface area contributed by atoms with Crippen LogP contribution in [0, 0.1) is 11.8 Å². The Labute approximate surface area is 70.6 Å². The molecular formula is C10H21N. The summed E-state index contributed by atoms with van der Waals surface area (Å²) in [6.45, 7) is 8.15. The molecule has 0 aliphatic heterocycles. The number of hydrogen-bond donors (Lipinski definition) is 1. The molecule has 0 unspecified atom stereocenters. The summed E-state index contributed by atoms with van der Waals surface area (Å²) in [6, 6.07) is 0.709. The first-order valence-electron chi connectivity index (χ1n) is 4.97. The molecule has 1 nitrogen and oxygen atoms in total. The highest BCUT2D eigenvalue weighted by atomic mass is 14.9. The van der Waals surface area contributed by atoms with Crippen molar-refractivity contribution >= 4 is 0 Å². The van der Waals surface area contributed by atoms with Crippen LogP contribution < -0.4 is 5.32 Å². The fraction of sp³-hybridized carbons (Fsp3) is 1.00. The van der Waals surface area contributed by atoms with Gasteiger partial charge in [-0.2, -0.15) is 0 Å². The van der Waals surface area contributed by atoms with Crippen molar-refractivity contribution in [3.8, 4) is 0 Å². The molecular weight excluding hydrogens is 134 g/mol. The minimum Gasteiger partial charge on any atom is -0.314 e. The third-order valence-corrected chi connectivity index (χ3v) is 2.92. The summed E-state index contributed by atoms with van der Waals surface area (Å²) in [7, 11) is 0. The fourth-order valence-corrected chi connectivity index (χ4v) is 1.23. The largest absolute Gasteiger partial charge is 0.314 e. The Balaban J connectivity index is 2.03. The molecule has 1 heteroatoms. The van der Waals surface area contributed by atoms with Gasteiger partial charge in [-0.3, -0.25) is 0 Å². The van der Waals surface area contributed by atoms with Crippen LogP contribution in [-0.2, 0) is 0 Å². The third kappa shape index (κ3) is 3.24. The van der Waals surface area contributed by atoms with Crippen molar-refractivity contribution in [2.45, 2.75) is 46.1 Å². The summed E-state index contributed by atoms with van der Waals surface area (Å²) < 4.78 is 0. The average molecular weight is 155 g/mol. The molecule has 0 spiro atoms. The highest BCUT2D eigenvalue weighted by molar-refractivity contribution is 4.78. The summed E-state index contributed by atoms with van der Waals surface area (Å²) in [5.74, 6) is 1.84. The Morgan fingerprint density at radius 2 is 2.00 bits per heavy atom. The van der Waals surface area contributed by atoms with Crippen LogP contribution in [0.15, 0.2) is 0 Å². The Bertz CT molecular complexity index is 107. The molecule has 0 radical (unpaired) electrons. The zero-order valence-electron chi connectivity index (χ0n) is 8.06. The topological polar surface area (TPSA) is 12.0 Å². The molecule has 0 aromatic carbocycles. The molecule has 0 aromatic rings. The molecule has 1 aliphatic carbocycles. The molecule has 0 aromatic heterocycles. The van der Waals surface area contributed by atoms with Gasteiger partial charge in [0.25, 0.3) is 0 Å². The molecule has 1 N–H and O–H groups in total. The highest BCUT2D eigenvalue weighted by Crippen LogP contribution is 2.27. The Kier molecular flexibility index (Phi) is 3.38. The van der Waals surface area contributed by atoms with Gasteiger partial charge in [0.15, 0.2) is 0 Å². The van der Waals surface area contributed by atoms with Gasteiger partial charge in [-0.05, 0) is 38.1 Å². The first-order valence-corrected chi connectivity index (χ1v) is 4.97. The molecule has 1 rings (SSSR count). The SMILES string of the molecule is CC[C@H](C)[C@@H](C)NCC1CC1. The summed E-state index contributed by atoms with van der Waals surface area (Å²) in [4.78, 5) is 0. The van der Waals surface area contributed by atoms with Crippen LogP contribution in [0.5, 0.6) is 0 Å². The lowest BCUT2D eigenvalue weighted by Gasteiger charge is -2.19. The number of hydrogen-bond acceptors (Lipinski definition) is 1. The van der Waals surface area contributed by atoms with Gasteiger partial charge in [-0.1, -0.05) is 20.3 Å². The van der Waals surface area contributed by atoms with E-state index >= 15 is 0 Å². The normalized spacial score (nSPS) is 23.2. The van der Waals surface area contributed by atoms with Crippen LogP contribution in [0.25, 0.3) is 0 Å². The van der Waals surface area contributed by atoms with Gasteiger partial charge in [0.1, 0.15) is 0 Å². The van der Waals surface area contributed by atoms with E-state index in [2.05, 4.69) is 26.1 Å². The van der Waals surface area contributed by atoms with Gasteiger partial charge in [0.2, 0.25) is 0 Å². The lowest BCUT2D eigenvalue weighted by molar-refractivity contribution is 0.385. The maximum atomic E-state index is 3.60. The van der Waals surface area contributed by atoms with Crippen molar-refractivity contribution in [3.63, 3.8) is 0 Å². The van der Waals surface area contributed by atoms with Gasteiger partial charge >= 0.3 is 0 Å². The molecule has 1 fully saturated rings. The second kappa shape index (κ2) is 4.10. The van der Waals surface area contributed by atoms with Crippen molar-refractivity contribution in [1.82, 2.24) is 5.32 Å². The van der Waals surface area contributed by atoms with Crippen LogP contribution >= 0.6 is 0 Å². The van der Waals surface area contributed by atoms with Crippen molar-refractivity contribution in [3.05, 3.63) is 0 Å². The summed E-state index contributed by atoms with van der Waals surface area (Å²) in [5.41, 5.74) is 0. The van der Waals surface area contributed by atoms with Crippen LogP contribution in [0.4, 0.5) is 0 Å². The summed E-state index contributed by atoms with van der Waals surface area (Å²) >= 11 is 0. The molecule has 66 valence electrons. The lowest BCUT2D eigenvalue weighted by atomic mass is 10.0. The van der Waals surface area contributed by atoms with Crippen molar-refractivity contribution < 1.29 is 0 Å². The zero-order chi connectivity index (χ0) is 8.27. The van der Waals surface area contributed by atoms with Crippen LogP contribution in [-0.4, -0.2) is 12.6 Å². The van der Waals surface area contributed by atoms with E-state index in [0.29, 0.717) is 6.04 Å². The van der Waals surface area contributed by atoms with Gasteiger partial charge < -0.3 is 5.32 Å². The highest BCUT2D eigenvalue weighted by Gasteiger charge is 2.21. The first kappa shape index (κ1) is 9.05. The molecule has 0 bridgehead atoms. The standard InChI is InChI=1S/C10H21N/c1-4-8(2)9(3)11-7-10-5-6-10/h8-11H,4-7H2,1-3H3/t8-,9+/m0/s1. The van der Waals surface area contributed by atoms with Crippen molar-refractivity contribution in [2.75, 3.05) is 6.54 Å². The minimum atomic E-state index is 0.709. The van der Waals surface area contributed by atoms with E-state index in [-0.39, 0.29) is 0 Å². The van der Waals surface area contributed by atoms with Crippen LogP contribution in [0.1, 0.15) is 40.0 Å². The van der Waals surface area contributed by atoms with Crippen LogP contribution in [0.2, 0.25) is 0 Å². The summed E-state index contributed by atoms with van der Waals surface area (Å²) in [5, 5.41) is 3.60. The van der Waals surface area contributed by atoms with Gasteiger partial charge in [-0.15, -0.1) is 0 Å². The average Bonchev–Trinajstić information content (AvgIpc) is 2.81. The third-order valence-electron chi connectivity index (χ3n) is 2.92. The van der Waals surface area contributed by atoms with Crippen molar-refractivity contribution in [1.29, 1.82) is 0 Å². The van der Waals surface area contributed by atoms with Gasteiger partial charge in [0, 0.05) is 6.04 Å². The van der Waals surface area contributed by atoms with Gasteiger partial charge in [-0.25, -0.2) is 0 Å². The van der Waals surface area contributed by atoms with Crippen LogP contribution in [0.3, 0.4) is 0 Å². The lowest BCUT2D eigenvalue weighted by Crippen LogP contribution is -2.33. The second-order valence-electron chi connectivity index (χ2n) is 4.03. The van der Waals surface area contributed by atoms with Crippen molar-refractivity contribution in [2.24, 2.45) is 11.8 Å². The van der Waals surface area contributed by atoms with E-state index < -0.39 is 0 Å². The molecule has 0 amide bonds. The Morgan fingerprint density at radius 3 is 2.45 bits per heavy atom. The molecule has 1 saturated carbocycles. The molecule has 0 saturated heterocycles. The fourth-order valence-electron chi connectivity index (χ4n) is 1.23. The van der Waals surface area contributed by atoms with E-state index in [4.69, 9.17) is 0 Å². The molecule has 1 aliphatic rings. The predicted molar refractivity (Wildman–Crippen MR) is 49.6 cm³/mol. The van der Waals surface area contributed by atoms with Gasteiger partial charge in [0.05, 0.1) is 0 Å². The quantitative estimate of drug-likeness (QED) is 0.643. The van der Waals surface area contributed by atoms with E-state index in [1.165, 1.54) is 25.8 Å². The van der Waals surface area contributed by atoms with E-state index in [0.717, 1.165) is 11.8 Å². The van der Waals surface area contributed by atoms with E-state index in [1.807, 2.05) is 0 Å². The number of rotatable bonds is 5. The minimum absolute atomic E-state index is 0.709. The number of nitrogens with one attached hydrogen (secondary N) is 1. The van der Waals surface area contributed by atoms with E-state index in [9.17, 15) is 0 Å². The smallest absolute Gasteiger partial charge is 0.00643 e. The first-order chi connectivity index (χ1) is 5.24. The Hall–Kier alpha value is -0.0400. The molecule has 0 heterocycles. The Morgan fingerprint density at radius 1 is 1.36 bits per heavy atom. The summed E-state index contributed by atoms with van der Waals surface area (Å²) in [6.07, 6.45) is 4.21. The molecule has 2 atom stereocenters. The van der Waals surface area contributed by atoms with E-state index in [1.54, 1.807) is 0 Å². The molecule has 11 heavy (non-hydrogen) atoms. The maximum absolute atomic E-state index is 3.60. The maximum Gasteiger partial charge on any atom is 0.00643 e.